The van der Waals surface area contributed by atoms with Crippen LogP contribution >= 0.6 is 0 Å². The normalized spacial score (nSPS) is 17.8. The van der Waals surface area contributed by atoms with Crippen LogP contribution in [0.4, 0.5) is 5.69 Å². The Bertz CT molecular complexity index is 1670. The number of allylic oxidation sites excluding steroid dienone is 9. The fourth-order valence-electron chi connectivity index (χ4n) is 9.22. The lowest BCUT2D eigenvalue weighted by Gasteiger charge is -2.35. The van der Waals surface area contributed by atoms with Crippen molar-refractivity contribution in [3.05, 3.63) is 89.3 Å². The number of rotatable bonds is 25. The van der Waals surface area contributed by atoms with E-state index in [2.05, 4.69) is 172 Å². The van der Waals surface area contributed by atoms with Gasteiger partial charge in [-0.2, -0.15) is 0 Å². The van der Waals surface area contributed by atoms with E-state index in [1.807, 2.05) is 0 Å². The molecule has 2 heterocycles. The van der Waals surface area contributed by atoms with Gasteiger partial charge in [0.05, 0.1) is 92.4 Å². The predicted octanol–water partition coefficient (Wildman–Crippen LogP) is 8.10. The zero-order valence-electron chi connectivity index (χ0n) is 39.6. The number of aryl methyl sites for hydroxylation is 1. The summed E-state index contributed by atoms with van der Waals surface area (Å²) in [5, 5.41) is 3.26. The van der Waals surface area contributed by atoms with Gasteiger partial charge in [0, 0.05) is 67.2 Å². The quantitative estimate of drug-likeness (QED) is 0.0455. The van der Waals surface area contributed by atoms with Crippen molar-refractivity contribution in [1.29, 1.82) is 0 Å². The maximum Gasteiger partial charge on any atom is 0.221 e. The monoisotopic (exact) mass is 802 g/mol. The first-order chi connectivity index (χ1) is 27.3. The SMILES string of the molecule is CC=CC=CC1=C[N+](CCC[N+](CC)(CC)CC)=C(C=CC=C2N(CCC(=O)NCCC[N+](C)(C)CCC[N+](C)(C)CCCN)c3c(C)cccc3C2(C)C)C1(C)C. The van der Waals surface area contributed by atoms with Gasteiger partial charge in [-0.3, -0.25) is 4.79 Å². The number of nitrogens with one attached hydrogen (secondary N) is 1. The van der Waals surface area contributed by atoms with Gasteiger partial charge < -0.3 is 29.4 Å². The molecule has 0 spiro atoms. The van der Waals surface area contributed by atoms with Crippen LogP contribution in [0.3, 0.4) is 0 Å². The minimum Gasteiger partial charge on any atom is -0.356 e. The summed E-state index contributed by atoms with van der Waals surface area (Å²) in [5.74, 6) is 0.124. The molecule has 3 rings (SSSR count). The van der Waals surface area contributed by atoms with Gasteiger partial charge in [-0.15, -0.1) is 0 Å². The topological polar surface area (TPSA) is 61.4 Å². The summed E-state index contributed by atoms with van der Waals surface area (Å²) >= 11 is 0. The van der Waals surface area contributed by atoms with Crippen LogP contribution in [0.25, 0.3) is 0 Å². The Morgan fingerprint density at radius 2 is 1.47 bits per heavy atom. The summed E-state index contributed by atoms with van der Waals surface area (Å²) in [6.07, 6.45) is 22.8. The summed E-state index contributed by atoms with van der Waals surface area (Å²) < 4.78 is 5.68. The molecule has 0 aromatic heterocycles. The van der Waals surface area contributed by atoms with Gasteiger partial charge in [-0.1, -0.05) is 62.4 Å². The van der Waals surface area contributed by atoms with Crippen LogP contribution in [0, 0.1) is 12.3 Å². The second kappa shape index (κ2) is 21.8. The van der Waals surface area contributed by atoms with Crippen LogP contribution in [0.1, 0.15) is 98.6 Å². The molecule has 58 heavy (non-hydrogen) atoms. The Hall–Kier alpha value is -3.30. The average molecular weight is 802 g/mol. The molecule has 1 amide bonds. The van der Waals surface area contributed by atoms with Crippen LogP contribution in [0.2, 0.25) is 0 Å². The lowest BCUT2D eigenvalue weighted by Crippen LogP contribution is -2.48. The smallest absolute Gasteiger partial charge is 0.221 e. The molecule has 1 aromatic carbocycles. The Morgan fingerprint density at radius 3 is 2.09 bits per heavy atom. The first kappa shape index (κ1) is 49.1. The van der Waals surface area contributed by atoms with Crippen molar-refractivity contribution in [3.63, 3.8) is 0 Å². The van der Waals surface area contributed by atoms with Crippen molar-refractivity contribution in [2.75, 3.05) is 112 Å². The highest BCUT2D eigenvalue weighted by molar-refractivity contribution is 5.99. The van der Waals surface area contributed by atoms with Gasteiger partial charge >= 0.3 is 0 Å². The minimum absolute atomic E-state index is 0.124. The molecule has 0 unspecified atom stereocenters. The molecular formula is C50H87N7O+4. The summed E-state index contributed by atoms with van der Waals surface area (Å²) in [6, 6.07) is 6.65. The largest absolute Gasteiger partial charge is 0.356 e. The first-order valence-electron chi connectivity index (χ1n) is 22.7. The molecule has 8 heteroatoms. The number of anilines is 1. The van der Waals surface area contributed by atoms with Crippen molar-refractivity contribution in [1.82, 2.24) is 5.32 Å². The number of hydrogen-bond acceptors (Lipinski definition) is 3. The van der Waals surface area contributed by atoms with E-state index in [0.29, 0.717) is 19.5 Å². The van der Waals surface area contributed by atoms with Crippen molar-refractivity contribution in [3.8, 4) is 0 Å². The highest BCUT2D eigenvalue weighted by Gasteiger charge is 2.42. The molecule has 8 nitrogen and oxygen atoms in total. The van der Waals surface area contributed by atoms with Crippen LogP contribution in [0.5, 0.6) is 0 Å². The third-order valence-electron chi connectivity index (χ3n) is 13.5. The minimum atomic E-state index is -0.194. The van der Waals surface area contributed by atoms with E-state index in [1.54, 1.807) is 0 Å². The van der Waals surface area contributed by atoms with Crippen LogP contribution < -0.4 is 16.0 Å². The lowest BCUT2D eigenvalue weighted by molar-refractivity contribution is -0.924. The number of nitrogens with zero attached hydrogens (tertiary/aromatic N) is 5. The molecule has 0 saturated heterocycles. The molecule has 0 aliphatic carbocycles. The second-order valence-electron chi connectivity index (χ2n) is 19.4. The number of amides is 1. The van der Waals surface area contributed by atoms with Crippen LogP contribution in [0.15, 0.2) is 78.2 Å². The fraction of sp³-hybridized carbons (Fsp3) is 0.640. The lowest BCUT2D eigenvalue weighted by atomic mass is 9.80. The van der Waals surface area contributed by atoms with E-state index < -0.39 is 0 Å². The summed E-state index contributed by atoms with van der Waals surface area (Å²) in [6.45, 7) is 33.0. The van der Waals surface area contributed by atoms with Crippen molar-refractivity contribution >= 4 is 17.3 Å². The zero-order chi connectivity index (χ0) is 43.2. The van der Waals surface area contributed by atoms with Gasteiger partial charge in [0.1, 0.15) is 0 Å². The molecule has 0 fully saturated rings. The van der Waals surface area contributed by atoms with Crippen molar-refractivity contribution in [2.24, 2.45) is 11.1 Å². The maximum atomic E-state index is 13.4. The van der Waals surface area contributed by atoms with E-state index in [4.69, 9.17) is 5.73 Å². The van der Waals surface area contributed by atoms with Gasteiger partial charge in [0.25, 0.3) is 0 Å². The molecular weight excluding hydrogens is 715 g/mol. The Labute approximate surface area is 356 Å². The second-order valence-corrected chi connectivity index (χ2v) is 19.4. The third kappa shape index (κ3) is 13.1. The molecule has 0 atom stereocenters. The number of nitrogens with two attached hydrogens (primary N) is 1. The summed E-state index contributed by atoms with van der Waals surface area (Å²) in [4.78, 5) is 15.8. The molecule has 0 radical (unpaired) electrons. The summed E-state index contributed by atoms with van der Waals surface area (Å²) in [5.41, 5.74) is 13.2. The zero-order valence-corrected chi connectivity index (χ0v) is 39.6. The number of carbonyl (C=O) groups excluding carboxylic acids is 1. The molecule has 324 valence electrons. The molecule has 3 N–H and O–H groups in total. The van der Waals surface area contributed by atoms with Crippen molar-refractivity contribution < 1.29 is 22.8 Å². The van der Waals surface area contributed by atoms with Gasteiger partial charge in [0.2, 0.25) is 5.91 Å². The van der Waals surface area contributed by atoms with E-state index in [0.717, 1.165) is 61.0 Å². The highest BCUT2D eigenvalue weighted by Crippen LogP contribution is 2.49. The van der Waals surface area contributed by atoms with E-state index >= 15 is 0 Å². The average Bonchev–Trinajstić information content (AvgIpc) is 3.54. The van der Waals surface area contributed by atoms with E-state index in [-0.39, 0.29) is 16.7 Å². The van der Waals surface area contributed by atoms with Gasteiger partial charge in [-0.05, 0) is 72.2 Å². The highest BCUT2D eigenvalue weighted by atomic mass is 16.1. The predicted molar refractivity (Wildman–Crippen MR) is 250 cm³/mol. The molecule has 0 bridgehead atoms. The van der Waals surface area contributed by atoms with Crippen LogP contribution in [-0.4, -0.2) is 136 Å². The van der Waals surface area contributed by atoms with Gasteiger partial charge in [-0.25, -0.2) is 4.58 Å². The van der Waals surface area contributed by atoms with E-state index in [1.165, 1.54) is 77.4 Å². The molecule has 1 aromatic rings. The Morgan fingerprint density at radius 1 is 0.828 bits per heavy atom. The third-order valence-corrected chi connectivity index (χ3v) is 13.5. The Balaban J connectivity index is 1.76. The molecule has 0 saturated carbocycles. The van der Waals surface area contributed by atoms with E-state index in [9.17, 15) is 4.79 Å². The van der Waals surface area contributed by atoms with Gasteiger partial charge in [0.15, 0.2) is 18.5 Å². The van der Waals surface area contributed by atoms with Crippen molar-refractivity contribution in [2.45, 2.75) is 99.8 Å². The number of benzene rings is 1. The maximum absolute atomic E-state index is 13.4. The number of fused-ring (bicyclic) bond motifs is 1. The first-order valence-corrected chi connectivity index (χ1v) is 22.7. The summed E-state index contributed by atoms with van der Waals surface area (Å²) in [7, 11) is 9.25. The molecule has 2 aliphatic heterocycles. The molecule has 2 aliphatic rings. The fourth-order valence-corrected chi connectivity index (χ4v) is 9.22. The number of hydrogen-bond donors (Lipinski definition) is 2. The number of quaternary nitrogens is 3. The Kier molecular flexibility index (Phi) is 18.4. The van der Waals surface area contributed by atoms with Crippen LogP contribution in [-0.2, 0) is 10.2 Å². The standard InChI is InChI=1S/C50H86N7O/c1-14-18-19-27-43-41-53(34-24-40-57(15-2,16-3)17-4)45(49(43,6)7)29-21-30-46-50(8,9)44-28-20-26-42(5)48(44)54(46)35-31-47(58)52-33-23-37-56(12,13)39-25-38-55(10,11)36-22-32-51/h14,18-21,26-30,41H,15-17,22-25,31-40,51H2,1-13H3/q+3/p+1. The number of para-hydroxylation sites is 1. The number of carbonyl (C=O) groups is 1.